The predicted octanol–water partition coefficient (Wildman–Crippen LogP) is 6.21. The number of hydrogen-bond donors (Lipinski definition) is 1. The maximum atomic E-state index is 13.9. The van der Waals surface area contributed by atoms with Gasteiger partial charge in [-0.2, -0.15) is 0 Å². The molecule has 2 aliphatic rings. The van der Waals surface area contributed by atoms with E-state index in [1.165, 1.54) is 0 Å². The van der Waals surface area contributed by atoms with Crippen molar-refractivity contribution in [2.45, 2.75) is 45.1 Å². The molecule has 0 spiro atoms. The number of allylic oxidation sites excluding steroid dienone is 3. The lowest BCUT2D eigenvalue weighted by molar-refractivity contribution is -0.138. The lowest BCUT2D eigenvalue weighted by Crippen LogP contribution is -2.36. The maximum Gasteiger partial charge on any atom is 0.336 e. The van der Waals surface area contributed by atoms with Crippen LogP contribution >= 0.6 is 0 Å². The van der Waals surface area contributed by atoms with Gasteiger partial charge in [0.05, 0.1) is 26.4 Å². The summed E-state index contributed by atoms with van der Waals surface area (Å²) in [5.74, 6) is 0.863. The van der Waals surface area contributed by atoms with Crippen molar-refractivity contribution in [3.63, 3.8) is 0 Å². The molecule has 0 aromatic heterocycles. The number of esters is 1. The van der Waals surface area contributed by atoms with Crippen LogP contribution in [0.5, 0.6) is 17.2 Å². The van der Waals surface area contributed by atoms with Crippen molar-refractivity contribution in [2.24, 2.45) is 0 Å². The van der Waals surface area contributed by atoms with Crippen LogP contribution in [0.15, 0.2) is 95.3 Å². The molecule has 0 fully saturated rings. The molecule has 1 aliphatic heterocycles. The molecule has 0 amide bonds. The first kappa shape index (κ1) is 28.0. The number of Topliss-reactive ketones (excluding diaryl/α,β-unsaturated/α-hetero) is 1. The van der Waals surface area contributed by atoms with Gasteiger partial charge in [0.2, 0.25) is 0 Å². The standard InChI is InChI=1S/C34H35NO6/c1-5-40-34(37)31-21(2)35-27-17-25(23-11-14-26(38-3)15-12-23)18-28(36)33(27)32(31)24-13-16-29(30(19-24)39-4)41-20-22-9-7-6-8-10-22/h6-16,19,25,32,35H,5,17-18,20H2,1-4H3/t25-,32-/m0/s1. The number of hydrogen-bond acceptors (Lipinski definition) is 7. The first-order valence-electron chi connectivity index (χ1n) is 13.8. The fourth-order valence-corrected chi connectivity index (χ4v) is 5.68. The molecule has 1 heterocycles. The van der Waals surface area contributed by atoms with Crippen LogP contribution in [0.4, 0.5) is 0 Å². The number of rotatable bonds is 9. The minimum absolute atomic E-state index is 0.00207. The van der Waals surface area contributed by atoms with Gasteiger partial charge in [-0.25, -0.2) is 4.79 Å². The zero-order valence-electron chi connectivity index (χ0n) is 23.9. The molecular weight excluding hydrogens is 518 g/mol. The Balaban J connectivity index is 1.52. The number of nitrogens with one attached hydrogen (secondary N) is 1. The van der Waals surface area contributed by atoms with Crippen LogP contribution in [-0.4, -0.2) is 32.6 Å². The Hall–Kier alpha value is -4.52. The molecule has 7 nitrogen and oxygen atoms in total. The van der Waals surface area contributed by atoms with Crippen LogP contribution in [0.3, 0.4) is 0 Å². The Bertz CT molecular complexity index is 1490. The van der Waals surface area contributed by atoms with E-state index in [-0.39, 0.29) is 18.3 Å². The van der Waals surface area contributed by atoms with Crippen molar-refractivity contribution >= 4 is 11.8 Å². The van der Waals surface area contributed by atoms with E-state index in [2.05, 4.69) is 5.32 Å². The van der Waals surface area contributed by atoms with Gasteiger partial charge in [-0.15, -0.1) is 0 Å². The van der Waals surface area contributed by atoms with Crippen molar-refractivity contribution < 1.29 is 28.5 Å². The summed E-state index contributed by atoms with van der Waals surface area (Å²) < 4.78 is 22.5. The van der Waals surface area contributed by atoms with Gasteiger partial charge in [-0.05, 0) is 67.1 Å². The zero-order valence-corrected chi connectivity index (χ0v) is 23.9. The van der Waals surface area contributed by atoms with Crippen LogP contribution < -0.4 is 19.5 Å². The molecule has 2 atom stereocenters. The maximum absolute atomic E-state index is 13.9. The normalized spacial score (nSPS) is 18.4. The van der Waals surface area contributed by atoms with E-state index in [1.54, 1.807) is 21.1 Å². The van der Waals surface area contributed by atoms with Gasteiger partial charge in [-0.3, -0.25) is 4.79 Å². The summed E-state index contributed by atoms with van der Waals surface area (Å²) in [5, 5.41) is 3.40. The smallest absolute Gasteiger partial charge is 0.336 e. The topological polar surface area (TPSA) is 83.1 Å². The Morgan fingerprint density at radius 3 is 2.32 bits per heavy atom. The summed E-state index contributed by atoms with van der Waals surface area (Å²) in [5.41, 5.74) is 5.42. The highest BCUT2D eigenvalue weighted by Gasteiger charge is 2.41. The number of ketones is 1. The van der Waals surface area contributed by atoms with E-state index in [4.69, 9.17) is 18.9 Å². The second kappa shape index (κ2) is 12.3. The molecule has 0 unspecified atom stereocenters. The summed E-state index contributed by atoms with van der Waals surface area (Å²) in [4.78, 5) is 27.2. The molecule has 1 aliphatic carbocycles. The van der Waals surface area contributed by atoms with Crippen molar-refractivity contribution in [3.05, 3.63) is 112 Å². The van der Waals surface area contributed by atoms with Gasteiger partial charge in [0.25, 0.3) is 0 Å². The SMILES string of the molecule is CCOC(=O)C1=C(C)NC2=C(C(=O)C[C@@H](c3ccc(OC)cc3)C2)[C@H]1c1ccc(OCc2ccccc2)c(OC)c1. The molecule has 7 heteroatoms. The average molecular weight is 554 g/mol. The summed E-state index contributed by atoms with van der Waals surface area (Å²) in [6, 6.07) is 23.3. The first-order chi connectivity index (χ1) is 19.9. The summed E-state index contributed by atoms with van der Waals surface area (Å²) in [7, 11) is 3.22. The Kier molecular flexibility index (Phi) is 8.43. The first-order valence-corrected chi connectivity index (χ1v) is 13.8. The summed E-state index contributed by atoms with van der Waals surface area (Å²) in [6.45, 7) is 4.25. The molecule has 212 valence electrons. The molecule has 5 rings (SSSR count). The van der Waals surface area contributed by atoms with Gasteiger partial charge in [0.15, 0.2) is 17.3 Å². The van der Waals surface area contributed by atoms with E-state index in [1.807, 2.05) is 79.7 Å². The Morgan fingerprint density at radius 1 is 0.902 bits per heavy atom. The number of carbonyl (C=O) groups excluding carboxylic acids is 2. The van der Waals surface area contributed by atoms with Gasteiger partial charge in [-0.1, -0.05) is 48.5 Å². The number of benzene rings is 3. The minimum Gasteiger partial charge on any atom is -0.497 e. The molecule has 3 aromatic rings. The second-order valence-electron chi connectivity index (χ2n) is 10.2. The van der Waals surface area contributed by atoms with Crippen molar-refractivity contribution in [2.75, 3.05) is 20.8 Å². The predicted molar refractivity (Wildman–Crippen MR) is 156 cm³/mol. The average Bonchev–Trinajstić information content (AvgIpc) is 2.99. The van der Waals surface area contributed by atoms with Crippen LogP contribution in [0.25, 0.3) is 0 Å². The number of methoxy groups -OCH3 is 2. The molecule has 0 saturated heterocycles. The van der Waals surface area contributed by atoms with Crippen LogP contribution in [-0.2, 0) is 20.9 Å². The summed E-state index contributed by atoms with van der Waals surface area (Å²) in [6.07, 6.45) is 0.987. The molecule has 41 heavy (non-hydrogen) atoms. The van der Waals surface area contributed by atoms with Crippen LogP contribution in [0.2, 0.25) is 0 Å². The fraction of sp³-hybridized carbons (Fsp3) is 0.294. The van der Waals surface area contributed by atoms with Crippen molar-refractivity contribution in [1.29, 1.82) is 0 Å². The highest BCUT2D eigenvalue weighted by atomic mass is 16.5. The van der Waals surface area contributed by atoms with Gasteiger partial charge >= 0.3 is 5.97 Å². The third-order valence-electron chi connectivity index (χ3n) is 7.67. The van der Waals surface area contributed by atoms with Crippen molar-refractivity contribution in [3.8, 4) is 17.2 Å². The van der Waals surface area contributed by atoms with E-state index in [0.717, 1.165) is 28.1 Å². The minimum atomic E-state index is -0.591. The third kappa shape index (κ3) is 5.85. The van der Waals surface area contributed by atoms with Crippen LogP contribution in [0.1, 0.15) is 55.2 Å². The van der Waals surface area contributed by atoms with E-state index in [0.29, 0.717) is 47.8 Å². The Labute approximate surface area is 240 Å². The van der Waals surface area contributed by atoms with Gasteiger partial charge < -0.3 is 24.3 Å². The number of carbonyl (C=O) groups is 2. The Morgan fingerprint density at radius 2 is 1.63 bits per heavy atom. The third-order valence-corrected chi connectivity index (χ3v) is 7.67. The number of ether oxygens (including phenoxy) is 4. The fourth-order valence-electron chi connectivity index (χ4n) is 5.68. The highest BCUT2D eigenvalue weighted by molar-refractivity contribution is 6.04. The van der Waals surface area contributed by atoms with Gasteiger partial charge in [0, 0.05) is 29.3 Å². The second-order valence-corrected chi connectivity index (χ2v) is 10.2. The quantitative estimate of drug-likeness (QED) is 0.316. The number of dihydropyridines is 1. The van der Waals surface area contributed by atoms with Gasteiger partial charge in [0.1, 0.15) is 12.4 Å². The monoisotopic (exact) mass is 553 g/mol. The lowest BCUT2D eigenvalue weighted by Gasteiger charge is -2.36. The zero-order chi connectivity index (χ0) is 28.9. The molecular formula is C34H35NO6. The molecule has 0 saturated carbocycles. The van der Waals surface area contributed by atoms with E-state index < -0.39 is 11.9 Å². The highest BCUT2D eigenvalue weighted by Crippen LogP contribution is 2.47. The van der Waals surface area contributed by atoms with E-state index in [9.17, 15) is 9.59 Å². The summed E-state index contributed by atoms with van der Waals surface area (Å²) >= 11 is 0. The molecule has 3 aromatic carbocycles. The molecule has 1 N–H and O–H groups in total. The lowest BCUT2D eigenvalue weighted by atomic mass is 9.71. The largest absolute Gasteiger partial charge is 0.497 e. The van der Waals surface area contributed by atoms with E-state index >= 15 is 0 Å². The van der Waals surface area contributed by atoms with Crippen LogP contribution in [0, 0.1) is 0 Å². The van der Waals surface area contributed by atoms with Crippen molar-refractivity contribution in [1.82, 2.24) is 5.32 Å². The molecule has 0 bridgehead atoms. The molecule has 0 radical (unpaired) electrons.